The van der Waals surface area contributed by atoms with E-state index in [2.05, 4.69) is 17.2 Å². The van der Waals surface area contributed by atoms with Crippen LogP contribution in [0.1, 0.15) is 41.3 Å². The lowest BCUT2D eigenvalue weighted by Crippen LogP contribution is -2.13. The lowest BCUT2D eigenvalue weighted by atomic mass is 10.1. The second-order valence-electron chi connectivity index (χ2n) is 4.92. The molecule has 0 spiro atoms. The van der Waals surface area contributed by atoms with E-state index >= 15 is 0 Å². The SMILES string of the molecule is CCCCc1ccc(C(=O)Nc2ncccc2C)cc1. The van der Waals surface area contributed by atoms with Gasteiger partial charge in [-0.15, -0.1) is 0 Å². The molecule has 104 valence electrons. The molecule has 1 aromatic carbocycles. The lowest BCUT2D eigenvalue weighted by Gasteiger charge is -2.07. The highest BCUT2D eigenvalue weighted by molar-refractivity contribution is 6.04. The number of rotatable bonds is 5. The number of hydrogen-bond donors (Lipinski definition) is 1. The lowest BCUT2D eigenvalue weighted by molar-refractivity contribution is 0.102. The molecular weight excluding hydrogens is 248 g/mol. The van der Waals surface area contributed by atoms with Crippen LogP contribution >= 0.6 is 0 Å². The monoisotopic (exact) mass is 268 g/mol. The van der Waals surface area contributed by atoms with Crippen molar-refractivity contribution in [1.29, 1.82) is 0 Å². The van der Waals surface area contributed by atoms with E-state index in [9.17, 15) is 4.79 Å². The molecule has 0 unspecified atom stereocenters. The highest BCUT2D eigenvalue weighted by atomic mass is 16.1. The summed E-state index contributed by atoms with van der Waals surface area (Å²) in [5.74, 6) is 0.501. The molecule has 1 aromatic heterocycles. The maximum Gasteiger partial charge on any atom is 0.256 e. The second-order valence-corrected chi connectivity index (χ2v) is 4.92. The minimum Gasteiger partial charge on any atom is -0.306 e. The Morgan fingerprint density at radius 3 is 2.60 bits per heavy atom. The highest BCUT2D eigenvalue weighted by Gasteiger charge is 2.08. The van der Waals surface area contributed by atoms with Crippen LogP contribution in [0.3, 0.4) is 0 Å². The summed E-state index contributed by atoms with van der Waals surface area (Å²) in [5, 5.41) is 2.84. The standard InChI is InChI=1S/C17H20N2O/c1-3-4-7-14-8-10-15(11-9-14)17(20)19-16-13(2)6-5-12-18-16/h5-6,8-12H,3-4,7H2,1-2H3,(H,18,19,20). The molecule has 0 saturated heterocycles. The van der Waals surface area contributed by atoms with Gasteiger partial charge in [-0.25, -0.2) is 4.98 Å². The molecule has 20 heavy (non-hydrogen) atoms. The van der Waals surface area contributed by atoms with Gasteiger partial charge in [-0.1, -0.05) is 31.5 Å². The Bertz CT molecular complexity index is 576. The molecule has 1 heterocycles. The Labute approximate surface area is 120 Å². The molecule has 3 heteroatoms. The Morgan fingerprint density at radius 1 is 1.20 bits per heavy atom. The summed E-state index contributed by atoms with van der Waals surface area (Å²) in [5.41, 5.74) is 2.90. The van der Waals surface area contributed by atoms with Crippen LogP contribution in [0, 0.1) is 6.92 Å². The number of nitrogens with one attached hydrogen (secondary N) is 1. The van der Waals surface area contributed by atoms with Crippen LogP contribution in [-0.2, 0) is 6.42 Å². The third-order valence-corrected chi connectivity index (χ3v) is 3.28. The number of hydrogen-bond acceptors (Lipinski definition) is 2. The van der Waals surface area contributed by atoms with Crippen molar-refractivity contribution >= 4 is 11.7 Å². The summed E-state index contributed by atoms with van der Waals surface area (Å²) in [6, 6.07) is 11.6. The van der Waals surface area contributed by atoms with Crippen molar-refractivity contribution in [3.8, 4) is 0 Å². The van der Waals surface area contributed by atoms with Crippen molar-refractivity contribution in [1.82, 2.24) is 4.98 Å². The molecule has 0 saturated carbocycles. The largest absolute Gasteiger partial charge is 0.306 e. The van der Waals surface area contributed by atoms with Crippen LogP contribution in [0.2, 0.25) is 0 Å². The quantitative estimate of drug-likeness (QED) is 0.891. The minimum absolute atomic E-state index is 0.117. The fraction of sp³-hybridized carbons (Fsp3) is 0.294. The number of carbonyl (C=O) groups excluding carboxylic acids is 1. The molecule has 0 radical (unpaired) electrons. The van der Waals surface area contributed by atoms with Crippen LogP contribution in [-0.4, -0.2) is 10.9 Å². The van der Waals surface area contributed by atoms with E-state index in [0.29, 0.717) is 11.4 Å². The zero-order chi connectivity index (χ0) is 14.4. The van der Waals surface area contributed by atoms with Crippen LogP contribution in [0.4, 0.5) is 5.82 Å². The maximum atomic E-state index is 12.1. The van der Waals surface area contributed by atoms with Crippen molar-refractivity contribution in [2.75, 3.05) is 5.32 Å². The van der Waals surface area contributed by atoms with Crippen molar-refractivity contribution in [2.45, 2.75) is 33.1 Å². The zero-order valence-corrected chi connectivity index (χ0v) is 12.0. The third-order valence-electron chi connectivity index (χ3n) is 3.28. The number of anilines is 1. The number of aromatic nitrogens is 1. The van der Waals surface area contributed by atoms with Gasteiger partial charge in [0.25, 0.3) is 5.91 Å². The number of aryl methyl sites for hydroxylation is 2. The van der Waals surface area contributed by atoms with Crippen molar-refractivity contribution in [3.63, 3.8) is 0 Å². The summed E-state index contributed by atoms with van der Waals surface area (Å²) in [4.78, 5) is 16.3. The molecule has 0 fully saturated rings. The molecule has 2 rings (SSSR count). The summed E-state index contributed by atoms with van der Waals surface area (Å²) in [6.07, 6.45) is 5.11. The number of pyridine rings is 1. The first-order chi connectivity index (χ1) is 9.70. The summed E-state index contributed by atoms with van der Waals surface area (Å²) in [6.45, 7) is 4.10. The summed E-state index contributed by atoms with van der Waals surface area (Å²) >= 11 is 0. The van der Waals surface area contributed by atoms with Crippen molar-refractivity contribution < 1.29 is 4.79 Å². The molecule has 2 aromatic rings. The first kappa shape index (κ1) is 14.3. The van der Waals surface area contributed by atoms with Crippen LogP contribution in [0.15, 0.2) is 42.6 Å². The number of nitrogens with zero attached hydrogens (tertiary/aromatic N) is 1. The van der Waals surface area contributed by atoms with Gasteiger partial charge in [-0.2, -0.15) is 0 Å². The molecule has 0 aliphatic carbocycles. The Morgan fingerprint density at radius 2 is 1.95 bits per heavy atom. The van der Waals surface area contributed by atoms with E-state index in [0.717, 1.165) is 12.0 Å². The van der Waals surface area contributed by atoms with Gasteiger partial charge in [0.2, 0.25) is 0 Å². The summed E-state index contributed by atoms with van der Waals surface area (Å²) < 4.78 is 0. The second kappa shape index (κ2) is 6.85. The number of unbranched alkanes of at least 4 members (excludes halogenated alkanes) is 1. The average molecular weight is 268 g/mol. The number of benzene rings is 1. The van der Waals surface area contributed by atoms with Crippen molar-refractivity contribution in [2.24, 2.45) is 0 Å². The number of carbonyl (C=O) groups is 1. The van der Waals surface area contributed by atoms with Gasteiger partial charge in [0.1, 0.15) is 5.82 Å². The molecule has 0 aliphatic rings. The van der Waals surface area contributed by atoms with Gasteiger partial charge >= 0.3 is 0 Å². The van der Waals surface area contributed by atoms with E-state index in [1.54, 1.807) is 6.20 Å². The Kier molecular flexibility index (Phi) is 4.88. The fourth-order valence-electron chi connectivity index (χ4n) is 2.00. The van der Waals surface area contributed by atoms with E-state index in [1.165, 1.54) is 18.4 Å². The molecule has 3 nitrogen and oxygen atoms in total. The smallest absolute Gasteiger partial charge is 0.256 e. The average Bonchev–Trinajstić information content (AvgIpc) is 2.48. The minimum atomic E-state index is -0.117. The van der Waals surface area contributed by atoms with Gasteiger partial charge < -0.3 is 5.32 Å². The predicted molar refractivity (Wildman–Crippen MR) is 82.0 cm³/mol. The molecule has 0 aliphatic heterocycles. The molecular formula is C17H20N2O. The Balaban J connectivity index is 2.04. The molecule has 1 N–H and O–H groups in total. The molecule has 0 bridgehead atoms. The van der Waals surface area contributed by atoms with Gasteiger partial charge in [0, 0.05) is 11.8 Å². The topological polar surface area (TPSA) is 42.0 Å². The molecule has 0 atom stereocenters. The zero-order valence-electron chi connectivity index (χ0n) is 12.0. The Hall–Kier alpha value is -2.16. The van der Waals surface area contributed by atoms with Crippen LogP contribution in [0.5, 0.6) is 0 Å². The third kappa shape index (κ3) is 3.67. The van der Waals surface area contributed by atoms with Crippen LogP contribution < -0.4 is 5.32 Å². The van der Waals surface area contributed by atoms with Crippen molar-refractivity contribution in [3.05, 3.63) is 59.3 Å². The van der Waals surface area contributed by atoms with Gasteiger partial charge in [0.15, 0.2) is 0 Å². The van der Waals surface area contributed by atoms with Gasteiger partial charge in [-0.05, 0) is 49.1 Å². The highest BCUT2D eigenvalue weighted by Crippen LogP contribution is 2.13. The fourth-order valence-corrected chi connectivity index (χ4v) is 2.00. The van der Waals surface area contributed by atoms with E-state index in [4.69, 9.17) is 0 Å². The number of amides is 1. The van der Waals surface area contributed by atoms with E-state index in [1.807, 2.05) is 43.3 Å². The van der Waals surface area contributed by atoms with Gasteiger partial charge in [0.05, 0.1) is 0 Å². The van der Waals surface area contributed by atoms with E-state index in [-0.39, 0.29) is 5.91 Å². The first-order valence-corrected chi connectivity index (χ1v) is 7.02. The normalized spacial score (nSPS) is 10.3. The molecule has 1 amide bonds. The van der Waals surface area contributed by atoms with E-state index < -0.39 is 0 Å². The first-order valence-electron chi connectivity index (χ1n) is 7.02. The maximum absolute atomic E-state index is 12.1. The summed E-state index contributed by atoms with van der Waals surface area (Å²) in [7, 11) is 0. The van der Waals surface area contributed by atoms with Gasteiger partial charge in [-0.3, -0.25) is 4.79 Å². The predicted octanol–water partition coefficient (Wildman–Crippen LogP) is 3.98. The van der Waals surface area contributed by atoms with Crippen LogP contribution in [0.25, 0.3) is 0 Å².